The summed E-state index contributed by atoms with van der Waals surface area (Å²) in [6.07, 6.45) is 3.98. The van der Waals surface area contributed by atoms with Crippen LogP contribution in [0.1, 0.15) is 0 Å². The third kappa shape index (κ3) is 1.20. The lowest BCUT2D eigenvalue weighted by Gasteiger charge is -2.08. The predicted molar refractivity (Wildman–Crippen MR) is 49.4 cm³/mol. The Morgan fingerprint density at radius 3 is 2.60 bits per heavy atom. The predicted octanol–water partition coefficient (Wildman–Crippen LogP) is 2.99. The molecule has 2 N–H and O–H groups in total. The van der Waals surface area contributed by atoms with Gasteiger partial charge in [0, 0.05) is 12.4 Å². The molecule has 1 aliphatic heterocycles. The van der Waals surface area contributed by atoms with Gasteiger partial charge in [-0.2, -0.15) is 0 Å². The van der Waals surface area contributed by atoms with E-state index in [1.165, 1.54) is 8.19 Å². The molecule has 0 aliphatic carbocycles. The van der Waals surface area contributed by atoms with E-state index in [2.05, 4.69) is 27.3 Å². The van der Waals surface area contributed by atoms with Crippen molar-refractivity contribution >= 4 is 23.3 Å². The van der Waals surface area contributed by atoms with Crippen LogP contribution < -0.4 is 10.2 Å². The monoisotopic (exact) mass is 188 g/mol. The Bertz CT molecular complexity index is 223. The van der Waals surface area contributed by atoms with Gasteiger partial charge in [0.15, 0.2) is 0 Å². The highest BCUT2D eigenvalue weighted by molar-refractivity contribution is 8.24. The molecule has 0 spiro atoms. The lowest BCUT2D eigenvalue weighted by molar-refractivity contribution is 1.44. The van der Waals surface area contributed by atoms with Crippen molar-refractivity contribution in [1.29, 1.82) is 0 Å². The molecule has 0 amide bonds. The van der Waals surface area contributed by atoms with Crippen LogP contribution in [0.5, 0.6) is 0 Å². The summed E-state index contributed by atoms with van der Waals surface area (Å²) in [7, 11) is 1.25. The molecule has 2 heterocycles. The molecule has 52 valence electrons. The van der Waals surface area contributed by atoms with Crippen molar-refractivity contribution in [3.63, 3.8) is 0 Å². The summed E-state index contributed by atoms with van der Waals surface area (Å²) in [6, 6.07) is 0. The van der Waals surface area contributed by atoms with Gasteiger partial charge in [-0.05, 0) is 17.1 Å². The zero-order chi connectivity index (χ0) is 6.81. The molecule has 0 saturated heterocycles. The van der Waals surface area contributed by atoms with Gasteiger partial charge in [-0.25, -0.2) is 0 Å². The van der Waals surface area contributed by atoms with Crippen LogP contribution in [-0.4, -0.2) is 0 Å². The van der Waals surface area contributed by atoms with Crippen molar-refractivity contribution in [1.82, 2.24) is 10.2 Å². The highest BCUT2D eigenvalue weighted by atomic mass is 32.1. The average molecular weight is 188 g/mol. The molecule has 5 heteroatoms. The van der Waals surface area contributed by atoms with E-state index in [-0.39, 0.29) is 15.1 Å². The Kier molecular flexibility index (Phi) is 1.95. The van der Waals surface area contributed by atoms with Gasteiger partial charge >= 0.3 is 0 Å². The van der Waals surface area contributed by atoms with E-state index < -0.39 is 0 Å². The summed E-state index contributed by atoms with van der Waals surface area (Å²) >= 11 is 0. The first-order chi connectivity index (χ1) is 4.97. The normalized spacial score (nSPS) is 19.4. The van der Waals surface area contributed by atoms with Crippen molar-refractivity contribution < 1.29 is 0 Å². The van der Waals surface area contributed by atoms with Gasteiger partial charge in [-0.1, -0.05) is 15.4 Å². The summed E-state index contributed by atoms with van der Waals surface area (Å²) in [5.74, 6) is 4.53. The first-order valence-electron chi connectivity index (χ1n) is 2.92. The summed E-state index contributed by atoms with van der Waals surface area (Å²) in [5.41, 5.74) is 2.37. The zero-order valence-corrected chi connectivity index (χ0v) is 7.91. The van der Waals surface area contributed by atoms with Gasteiger partial charge < -0.3 is 10.2 Å². The van der Waals surface area contributed by atoms with Crippen LogP contribution in [0.15, 0.2) is 29.5 Å². The smallest absolute Gasteiger partial charge is 0.140 e. The third-order valence-electron chi connectivity index (χ3n) is 1.20. The first-order valence-corrected chi connectivity index (χ1v) is 7.48. The van der Waals surface area contributed by atoms with Crippen LogP contribution in [0.25, 0.3) is 0 Å². The second kappa shape index (κ2) is 2.93. The molecule has 1 aliphatic rings. The number of hydrogen-bond acceptors (Lipinski definition) is 2. The van der Waals surface area contributed by atoms with Gasteiger partial charge in [-0.3, -0.25) is 0 Å². The molecule has 1 aromatic heterocycles. The molecule has 0 fully saturated rings. The van der Waals surface area contributed by atoms with Gasteiger partial charge in [0.05, 0.1) is 0 Å². The highest BCUT2D eigenvalue weighted by Gasteiger charge is 2.09. The Labute approximate surface area is 63.6 Å². The lowest BCUT2D eigenvalue weighted by atomic mass is 11.0. The van der Waals surface area contributed by atoms with E-state index in [0.29, 0.717) is 0 Å². The second-order valence-electron chi connectivity index (χ2n) is 1.85. The highest BCUT2D eigenvalue weighted by Crippen LogP contribution is 2.59. The van der Waals surface area contributed by atoms with Crippen molar-refractivity contribution in [3.8, 4) is 0 Å². The van der Waals surface area contributed by atoms with Crippen LogP contribution in [0.2, 0.25) is 0 Å². The van der Waals surface area contributed by atoms with Crippen LogP contribution in [0.4, 0.5) is 0 Å². The van der Waals surface area contributed by atoms with Gasteiger partial charge in [0.1, 0.15) is 7.91 Å². The van der Waals surface area contributed by atoms with E-state index in [1.54, 1.807) is 0 Å². The molecule has 2 nitrogen and oxygen atoms in total. The molecule has 0 aromatic carbocycles. The first kappa shape index (κ1) is 6.68. The maximum Gasteiger partial charge on any atom is 0.140 e. The summed E-state index contributed by atoms with van der Waals surface area (Å²) < 4.78 is 0. The maximum atomic E-state index is 3.31. The average Bonchev–Trinajstić information content (AvgIpc) is 2.59. The fourth-order valence-corrected chi connectivity index (χ4v) is 7.70. The molecular weight excluding hydrogens is 181 g/mol. The molecule has 1 unspecified atom stereocenters. The Morgan fingerprint density at radius 1 is 1.20 bits per heavy atom. The van der Waals surface area contributed by atoms with Crippen molar-refractivity contribution in [2.45, 2.75) is 0 Å². The van der Waals surface area contributed by atoms with Crippen LogP contribution in [0, 0.1) is 0 Å². The molecule has 2 rings (SSSR count). The molecule has 10 heavy (non-hydrogen) atoms. The van der Waals surface area contributed by atoms with Crippen molar-refractivity contribution in [2.24, 2.45) is 0 Å². The lowest BCUT2D eigenvalue weighted by Crippen LogP contribution is -1.93. The molecular formula is C5H7N2P3. The van der Waals surface area contributed by atoms with E-state index in [0.717, 1.165) is 0 Å². The molecule has 0 radical (unpaired) electrons. The quantitative estimate of drug-likeness (QED) is 0.662. The van der Waals surface area contributed by atoms with Gasteiger partial charge in [-0.15, -0.1) is 0 Å². The van der Waals surface area contributed by atoms with E-state index in [1.807, 2.05) is 12.4 Å². The Morgan fingerprint density at radius 2 is 2.00 bits per heavy atom. The van der Waals surface area contributed by atoms with E-state index in [4.69, 9.17) is 0 Å². The Balaban J connectivity index is 2.14. The summed E-state index contributed by atoms with van der Waals surface area (Å²) in [6.45, 7) is 0. The van der Waals surface area contributed by atoms with Crippen molar-refractivity contribution in [2.75, 3.05) is 0 Å². The summed E-state index contributed by atoms with van der Waals surface area (Å²) in [4.78, 5) is 0. The van der Waals surface area contributed by atoms with Crippen LogP contribution in [0.3, 0.4) is 0 Å². The minimum absolute atomic E-state index is 0.0159. The minimum atomic E-state index is -0.142. The Hall–Kier alpha value is -0.0200. The zero-order valence-electron chi connectivity index (χ0n) is 5.23. The SMILES string of the molecule is C1=CNP(p2ccpc2)N1. The van der Waals surface area contributed by atoms with Crippen LogP contribution in [-0.2, 0) is 0 Å². The van der Waals surface area contributed by atoms with Gasteiger partial charge in [0.2, 0.25) is 0 Å². The van der Waals surface area contributed by atoms with Crippen LogP contribution >= 0.6 is 23.3 Å². The van der Waals surface area contributed by atoms with Gasteiger partial charge in [0.25, 0.3) is 0 Å². The topological polar surface area (TPSA) is 24.1 Å². The fourth-order valence-electron chi connectivity index (χ4n) is 0.757. The summed E-state index contributed by atoms with van der Waals surface area (Å²) in [5, 5.41) is 6.63. The minimum Gasteiger partial charge on any atom is -0.346 e. The van der Waals surface area contributed by atoms with E-state index >= 15 is 0 Å². The third-order valence-corrected chi connectivity index (χ3v) is 8.35. The van der Waals surface area contributed by atoms with E-state index in [9.17, 15) is 0 Å². The maximum absolute atomic E-state index is 3.31. The molecule has 0 saturated carbocycles. The number of nitrogens with one attached hydrogen (secondary N) is 2. The molecule has 0 bridgehead atoms. The number of hydrogen-bond donors (Lipinski definition) is 2. The second-order valence-corrected chi connectivity index (χ2v) is 8.15. The fraction of sp³-hybridized carbons (Fsp3) is 0. The molecule has 1 atom stereocenters. The standard InChI is InChI=1S/C5H7N2P3/c1-2-7-10(6-1)9-4-3-8-5-9/h1-7H. The number of rotatable bonds is 1. The van der Waals surface area contributed by atoms with Crippen molar-refractivity contribution in [3.05, 3.63) is 29.5 Å². The molecule has 1 aromatic rings. The largest absolute Gasteiger partial charge is 0.346 e.